The highest BCUT2D eigenvalue weighted by Crippen LogP contribution is 2.32. The third-order valence-electron chi connectivity index (χ3n) is 4.97. The zero-order chi connectivity index (χ0) is 22.6. The first-order chi connectivity index (χ1) is 14.6. The molecule has 1 aliphatic heterocycles. The number of hydrogen-bond acceptors (Lipinski definition) is 4. The number of benzene rings is 2. The van der Waals surface area contributed by atoms with Crippen LogP contribution in [0, 0.1) is 0 Å². The van der Waals surface area contributed by atoms with Crippen molar-refractivity contribution in [1.82, 2.24) is 10.2 Å². The highest BCUT2D eigenvalue weighted by molar-refractivity contribution is 6.30. The quantitative estimate of drug-likeness (QED) is 0.690. The molecule has 0 unspecified atom stereocenters. The molecule has 1 atom stereocenters. The maximum atomic E-state index is 13.2. The second kappa shape index (κ2) is 9.60. The minimum Gasteiger partial charge on any atom is -0.454 e. The molecular formula is C24H29ClN2O4. The molecule has 1 N–H and O–H groups in total. The summed E-state index contributed by atoms with van der Waals surface area (Å²) >= 11 is 6.12. The first kappa shape index (κ1) is 22.9. The molecule has 0 saturated carbocycles. The van der Waals surface area contributed by atoms with E-state index in [1.54, 1.807) is 17.9 Å². The van der Waals surface area contributed by atoms with E-state index < -0.39 is 6.04 Å². The number of nitrogens with one attached hydrogen (secondary N) is 1. The molecule has 0 bridgehead atoms. The molecule has 7 heteroatoms. The molecule has 0 fully saturated rings. The highest BCUT2D eigenvalue weighted by atomic mass is 35.5. The van der Waals surface area contributed by atoms with E-state index in [0.29, 0.717) is 29.5 Å². The van der Waals surface area contributed by atoms with Crippen molar-refractivity contribution in [3.8, 4) is 11.5 Å². The van der Waals surface area contributed by atoms with Gasteiger partial charge in [-0.25, -0.2) is 0 Å². The Balaban J connectivity index is 1.73. The summed E-state index contributed by atoms with van der Waals surface area (Å²) in [6.07, 6.45) is 0.808. The third-order valence-corrected chi connectivity index (χ3v) is 5.21. The molecule has 1 heterocycles. The molecule has 3 rings (SSSR count). The fourth-order valence-corrected chi connectivity index (χ4v) is 3.59. The number of halogens is 1. The summed E-state index contributed by atoms with van der Waals surface area (Å²) < 4.78 is 10.8. The largest absolute Gasteiger partial charge is 0.454 e. The van der Waals surface area contributed by atoms with Gasteiger partial charge in [0.05, 0.1) is 0 Å². The zero-order valence-corrected chi connectivity index (χ0v) is 19.2. The Morgan fingerprint density at radius 2 is 1.84 bits per heavy atom. The molecular weight excluding hydrogens is 416 g/mol. The van der Waals surface area contributed by atoms with Gasteiger partial charge in [0.25, 0.3) is 0 Å². The van der Waals surface area contributed by atoms with E-state index >= 15 is 0 Å². The molecule has 2 amide bonds. The van der Waals surface area contributed by atoms with Crippen molar-refractivity contribution in [2.24, 2.45) is 0 Å². The van der Waals surface area contributed by atoms with Crippen LogP contribution in [-0.4, -0.2) is 35.1 Å². The molecule has 0 radical (unpaired) electrons. The van der Waals surface area contributed by atoms with E-state index in [4.69, 9.17) is 21.1 Å². The number of amides is 2. The lowest BCUT2D eigenvalue weighted by Crippen LogP contribution is -2.52. The average molecular weight is 445 g/mol. The van der Waals surface area contributed by atoms with Crippen molar-refractivity contribution in [3.05, 3.63) is 58.6 Å². The Bertz CT molecular complexity index is 955. The van der Waals surface area contributed by atoms with E-state index in [1.165, 1.54) is 0 Å². The van der Waals surface area contributed by atoms with Gasteiger partial charge in [-0.15, -0.1) is 0 Å². The summed E-state index contributed by atoms with van der Waals surface area (Å²) in [5, 5.41) is 3.56. The third kappa shape index (κ3) is 6.37. The summed E-state index contributed by atoms with van der Waals surface area (Å²) in [5.74, 6) is 1.11. The van der Waals surface area contributed by atoms with E-state index in [9.17, 15) is 9.59 Å². The molecule has 0 aliphatic carbocycles. The Kier molecular flexibility index (Phi) is 7.11. The number of carbonyl (C=O) groups excluding carboxylic acids is 2. The van der Waals surface area contributed by atoms with Crippen LogP contribution in [0.15, 0.2) is 42.5 Å². The summed E-state index contributed by atoms with van der Waals surface area (Å²) in [7, 11) is 0. The van der Waals surface area contributed by atoms with Crippen LogP contribution in [0.4, 0.5) is 0 Å². The van der Waals surface area contributed by atoms with E-state index in [2.05, 4.69) is 5.32 Å². The van der Waals surface area contributed by atoms with Gasteiger partial charge in [0, 0.05) is 23.5 Å². The number of aryl methyl sites for hydroxylation is 1. The Labute approximate surface area is 188 Å². The number of hydrogen-bond donors (Lipinski definition) is 1. The van der Waals surface area contributed by atoms with E-state index in [1.807, 2.05) is 57.2 Å². The summed E-state index contributed by atoms with van der Waals surface area (Å²) in [5.41, 5.74) is 1.47. The van der Waals surface area contributed by atoms with Crippen LogP contribution >= 0.6 is 11.6 Å². The standard InChI is InChI=1S/C24H29ClN2O4/c1-16(23(29)26-24(2,3)4)27(14-18-6-5-7-19(25)12-18)22(28)11-9-17-8-10-20-21(13-17)31-15-30-20/h5-8,10,12-13,16H,9,11,14-15H2,1-4H3,(H,26,29)/t16-/m0/s1. The number of fused-ring (bicyclic) bond motifs is 1. The van der Waals surface area contributed by atoms with Gasteiger partial charge < -0.3 is 19.7 Å². The molecule has 0 spiro atoms. The molecule has 31 heavy (non-hydrogen) atoms. The van der Waals surface area contributed by atoms with Crippen LogP contribution in [-0.2, 0) is 22.6 Å². The number of rotatable bonds is 7. The van der Waals surface area contributed by atoms with Gasteiger partial charge in [0.1, 0.15) is 6.04 Å². The Morgan fingerprint density at radius 3 is 2.55 bits per heavy atom. The number of carbonyl (C=O) groups is 2. The van der Waals surface area contributed by atoms with Gasteiger partial charge in [0.15, 0.2) is 11.5 Å². The van der Waals surface area contributed by atoms with Crippen LogP contribution in [0.5, 0.6) is 11.5 Å². The highest BCUT2D eigenvalue weighted by Gasteiger charge is 2.28. The lowest BCUT2D eigenvalue weighted by Gasteiger charge is -2.31. The summed E-state index contributed by atoms with van der Waals surface area (Å²) in [4.78, 5) is 27.6. The zero-order valence-electron chi connectivity index (χ0n) is 18.4. The molecule has 0 aromatic heterocycles. The molecule has 166 valence electrons. The first-order valence-electron chi connectivity index (χ1n) is 10.4. The van der Waals surface area contributed by atoms with Crippen LogP contribution in [0.25, 0.3) is 0 Å². The molecule has 1 aliphatic rings. The van der Waals surface area contributed by atoms with Crippen molar-refractivity contribution in [3.63, 3.8) is 0 Å². The normalized spacial score (nSPS) is 13.6. The fourth-order valence-electron chi connectivity index (χ4n) is 3.38. The first-order valence-corrected chi connectivity index (χ1v) is 10.7. The van der Waals surface area contributed by atoms with Gasteiger partial charge in [0.2, 0.25) is 18.6 Å². The van der Waals surface area contributed by atoms with Crippen LogP contribution in [0.1, 0.15) is 45.2 Å². The van der Waals surface area contributed by atoms with Gasteiger partial charge >= 0.3 is 0 Å². The summed E-state index contributed by atoms with van der Waals surface area (Å²) in [6.45, 7) is 8.02. The second-order valence-corrected chi connectivity index (χ2v) is 9.19. The van der Waals surface area contributed by atoms with Crippen LogP contribution in [0.2, 0.25) is 5.02 Å². The van der Waals surface area contributed by atoms with Gasteiger partial charge in [-0.3, -0.25) is 9.59 Å². The van der Waals surface area contributed by atoms with Crippen molar-refractivity contribution in [1.29, 1.82) is 0 Å². The number of nitrogens with zero attached hydrogens (tertiary/aromatic N) is 1. The van der Waals surface area contributed by atoms with Crippen LogP contribution < -0.4 is 14.8 Å². The lowest BCUT2D eigenvalue weighted by atomic mass is 10.1. The Morgan fingerprint density at radius 1 is 1.10 bits per heavy atom. The fraction of sp³-hybridized carbons (Fsp3) is 0.417. The lowest BCUT2D eigenvalue weighted by molar-refractivity contribution is -0.141. The average Bonchev–Trinajstić information content (AvgIpc) is 3.16. The predicted molar refractivity (Wildman–Crippen MR) is 120 cm³/mol. The van der Waals surface area contributed by atoms with Gasteiger partial charge in [-0.2, -0.15) is 0 Å². The second-order valence-electron chi connectivity index (χ2n) is 8.75. The molecule has 0 saturated heterocycles. The predicted octanol–water partition coefficient (Wildman–Crippen LogP) is 4.33. The monoisotopic (exact) mass is 444 g/mol. The maximum Gasteiger partial charge on any atom is 0.242 e. The van der Waals surface area contributed by atoms with E-state index in [0.717, 1.165) is 11.1 Å². The molecule has 6 nitrogen and oxygen atoms in total. The van der Waals surface area contributed by atoms with Gasteiger partial charge in [-0.1, -0.05) is 29.8 Å². The molecule has 2 aromatic rings. The van der Waals surface area contributed by atoms with Crippen molar-refractivity contribution >= 4 is 23.4 Å². The van der Waals surface area contributed by atoms with Crippen molar-refractivity contribution in [2.75, 3.05) is 6.79 Å². The van der Waals surface area contributed by atoms with Crippen molar-refractivity contribution in [2.45, 2.75) is 58.7 Å². The smallest absolute Gasteiger partial charge is 0.242 e. The SMILES string of the molecule is C[C@@H](C(=O)NC(C)(C)C)N(Cc1cccc(Cl)c1)C(=O)CCc1ccc2c(c1)OCO2. The van der Waals surface area contributed by atoms with Crippen molar-refractivity contribution < 1.29 is 19.1 Å². The summed E-state index contributed by atoms with van der Waals surface area (Å²) in [6, 6.07) is 12.4. The maximum absolute atomic E-state index is 13.2. The molecule has 2 aromatic carbocycles. The minimum atomic E-state index is -0.623. The topological polar surface area (TPSA) is 67.9 Å². The minimum absolute atomic E-state index is 0.103. The number of ether oxygens (including phenoxy) is 2. The Hall–Kier alpha value is -2.73. The van der Waals surface area contributed by atoms with Crippen LogP contribution in [0.3, 0.4) is 0 Å². The van der Waals surface area contributed by atoms with E-state index in [-0.39, 0.29) is 30.6 Å². The van der Waals surface area contributed by atoms with Gasteiger partial charge in [-0.05, 0) is 69.5 Å².